The molecule has 0 aliphatic heterocycles. The minimum absolute atomic E-state index is 0.134. The average Bonchev–Trinajstić information content (AvgIpc) is 2.94. The van der Waals surface area contributed by atoms with Crippen LogP contribution in [0.3, 0.4) is 0 Å². The number of aliphatic hydroxyl groups excluding tert-OH is 1. The lowest BCUT2D eigenvalue weighted by atomic mass is 10.1. The summed E-state index contributed by atoms with van der Waals surface area (Å²) in [7, 11) is -2.89. The average molecular weight is 636 g/mol. The Hall–Kier alpha value is -4.83. The number of amides is 2. The van der Waals surface area contributed by atoms with Crippen LogP contribution in [0.2, 0.25) is 0 Å². The fourth-order valence-electron chi connectivity index (χ4n) is 3.83. The van der Waals surface area contributed by atoms with Gasteiger partial charge in [0.05, 0.1) is 33.3 Å². The monoisotopic (exact) mass is 635 g/mol. The van der Waals surface area contributed by atoms with E-state index in [1.807, 2.05) is 5.32 Å². The maximum atomic E-state index is 15.1. The number of nitrogens with one attached hydrogen (secondary N) is 5. The van der Waals surface area contributed by atoms with E-state index in [0.29, 0.717) is 34.3 Å². The third-order valence-corrected chi connectivity index (χ3v) is 7.25. The highest BCUT2D eigenvalue weighted by atomic mass is 32.2. The molecule has 0 spiro atoms. The summed E-state index contributed by atoms with van der Waals surface area (Å²) in [6.07, 6.45) is -2.07. The molecule has 2 unspecified atom stereocenters. The predicted molar refractivity (Wildman–Crippen MR) is 156 cm³/mol. The van der Waals surface area contributed by atoms with Crippen molar-refractivity contribution in [2.24, 2.45) is 0 Å². The minimum Gasteiger partial charge on any atom is -0.394 e. The molecule has 6 N–H and O–H groups in total. The molecule has 0 saturated carbocycles. The normalized spacial score (nSPS) is 13.5. The Morgan fingerprint density at radius 3 is 2.30 bits per heavy atom. The molecular formula is C28H26F5N7O3S. The molecule has 16 heteroatoms. The molecule has 232 valence electrons. The summed E-state index contributed by atoms with van der Waals surface area (Å²) in [4.78, 5) is 21.4. The number of anilines is 5. The number of aromatic nitrogens is 2. The molecule has 3 aromatic carbocycles. The van der Waals surface area contributed by atoms with E-state index in [9.17, 15) is 31.7 Å². The molecule has 0 saturated heterocycles. The zero-order valence-electron chi connectivity index (χ0n) is 23.1. The fourth-order valence-corrected chi connectivity index (χ4v) is 4.48. The molecule has 0 aliphatic carbocycles. The van der Waals surface area contributed by atoms with Crippen LogP contribution >= 0.6 is 0 Å². The van der Waals surface area contributed by atoms with E-state index in [-0.39, 0.29) is 29.6 Å². The van der Waals surface area contributed by atoms with Crippen molar-refractivity contribution in [3.8, 4) is 11.1 Å². The van der Waals surface area contributed by atoms with Crippen LogP contribution in [0.1, 0.15) is 12.5 Å². The number of aliphatic hydroxyl groups is 1. The second kappa shape index (κ2) is 12.8. The second-order valence-electron chi connectivity index (χ2n) is 9.64. The summed E-state index contributed by atoms with van der Waals surface area (Å²) in [5, 5.41) is 19.6. The number of rotatable bonds is 9. The van der Waals surface area contributed by atoms with Gasteiger partial charge in [0, 0.05) is 34.6 Å². The predicted octanol–water partition coefficient (Wildman–Crippen LogP) is 6.66. The van der Waals surface area contributed by atoms with E-state index in [2.05, 4.69) is 25.9 Å². The first-order valence-electron chi connectivity index (χ1n) is 12.7. The second-order valence-corrected chi connectivity index (χ2v) is 11.8. The van der Waals surface area contributed by atoms with Gasteiger partial charge >= 0.3 is 12.2 Å². The van der Waals surface area contributed by atoms with Crippen LogP contribution in [-0.2, 0) is 15.9 Å². The van der Waals surface area contributed by atoms with Gasteiger partial charge in [0.15, 0.2) is 0 Å². The van der Waals surface area contributed by atoms with Crippen molar-refractivity contribution in [1.29, 1.82) is 4.78 Å². The molecule has 0 bridgehead atoms. The van der Waals surface area contributed by atoms with Crippen molar-refractivity contribution in [2.45, 2.75) is 24.0 Å². The van der Waals surface area contributed by atoms with Crippen molar-refractivity contribution in [1.82, 2.24) is 9.97 Å². The first kappa shape index (κ1) is 32.1. The van der Waals surface area contributed by atoms with Crippen LogP contribution in [0, 0.1) is 16.4 Å². The number of hydrogen-bond acceptors (Lipinski definition) is 8. The lowest BCUT2D eigenvalue weighted by Crippen LogP contribution is -2.21. The molecule has 1 aromatic heterocycles. The highest BCUT2D eigenvalue weighted by Crippen LogP contribution is 2.33. The third kappa shape index (κ3) is 7.96. The molecule has 2 amide bonds. The van der Waals surface area contributed by atoms with Crippen LogP contribution in [0.15, 0.2) is 71.8 Å². The largest absolute Gasteiger partial charge is 0.416 e. The fraction of sp³-hybridized carbons (Fsp3) is 0.179. The van der Waals surface area contributed by atoms with Crippen molar-refractivity contribution >= 4 is 44.6 Å². The number of benzene rings is 3. The van der Waals surface area contributed by atoms with Crippen molar-refractivity contribution in [3.05, 3.63) is 84.1 Å². The Balaban J connectivity index is 1.55. The van der Waals surface area contributed by atoms with Crippen LogP contribution in [0.4, 0.5) is 55.6 Å². The quantitative estimate of drug-likeness (QED) is 0.113. The van der Waals surface area contributed by atoms with Gasteiger partial charge in [-0.25, -0.2) is 27.5 Å². The topological polar surface area (TPSA) is 152 Å². The lowest BCUT2D eigenvalue weighted by Gasteiger charge is -2.17. The molecule has 2 atom stereocenters. The Morgan fingerprint density at radius 1 is 1.00 bits per heavy atom. The summed E-state index contributed by atoms with van der Waals surface area (Å²) < 4.78 is 87.5. The summed E-state index contributed by atoms with van der Waals surface area (Å²) in [5.74, 6) is -1.68. The summed E-state index contributed by atoms with van der Waals surface area (Å²) in [6, 6.07) is 9.81. The molecule has 0 fully saturated rings. The van der Waals surface area contributed by atoms with Crippen molar-refractivity contribution < 1.29 is 36.1 Å². The number of hydrogen-bond donors (Lipinski definition) is 6. The number of alkyl halides is 3. The van der Waals surface area contributed by atoms with Gasteiger partial charge in [-0.15, -0.1) is 0 Å². The SMILES string of the molecule is CC(CO)Nc1nc(Nc2ccc(S(C)(=N)=O)cc2)ncc1-c1ccc(NC(=O)Nc2cc(C(F)(F)F)ccc2F)c(F)c1. The Morgan fingerprint density at radius 2 is 1.68 bits per heavy atom. The van der Waals surface area contributed by atoms with Crippen LogP contribution < -0.4 is 21.3 Å². The van der Waals surface area contributed by atoms with Gasteiger partial charge in [-0.3, -0.25) is 0 Å². The summed E-state index contributed by atoms with van der Waals surface area (Å²) >= 11 is 0. The molecule has 0 aliphatic rings. The Bertz CT molecular complexity index is 1790. The van der Waals surface area contributed by atoms with Crippen molar-refractivity contribution in [3.63, 3.8) is 0 Å². The van der Waals surface area contributed by atoms with E-state index in [1.165, 1.54) is 36.7 Å². The molecular weight excluding hydrogens is 609 g/mol. The molecule has 1 heterocycles. The molecule has 4 aromatic rings. The highest BCUT2D eigenvalue weighted by Gasteiger charge is 2.31. The molecule has 10 nitrogen and oxygen atoms in total. The standard InChI is InChI=1S/C28H26F5N7O3S/c1-15(14-41)36-25-20(13-35-26(40-25)37-18-5-7-19(8-6-18)44(2,34)43)16-3-10-23(22(30)11-16)38-27(42)39-24-12-17(28(31,32)33)4-9-21(24)29/h3-13,15,34,41H,14H2,1-2H3,(H2,38,39,42)(H2,35,36,37,40). The molecule has 0 radical (unpaired) electrons. The highest BCUT2D eigenvalue weighted by molar-refractivity contribution is 7.91. The van der Waals surface area contributed by atoms with E-state index < -0.39 is 50.9 Å². The van der Waals surface area contributed by atoms with Crippen LogP contribution in [0.5, 0.6) is 0 Å². The van der Waals surface area contributed by atoms with Gasteiger partial charge in [0.2, 0.25) is 5.95 Å². The minimum atomic E-state index is -4.76. The van der Waals surface area contributed by atoms with Crippen molar-refractivity contribution in [2.75, 3.05) is 34.1 Å². The third-order valence-electron chi connectivity index (χ3n) is 6.08. The number of carbonyl (C=O) groups is 1. The zero-order valence-corrected chi connectivity index (χ0v) is 23.9. The number of halogens is 5. The first-order chi connectivity index (χ1) is 20.6. The van der Waals surface area contributed by atoms with Gasteiger partial charge < -0.3 is 26.4 Å². The summed E-state index contributed by atoms with van der Waals surface area (Å²) in [5.41, 5.74) is -1.13. The van der Waals surface area contributed by atoms with E-state index >= 15 is 4.39 Å². The smallest absolute Gasteiger partial charge is 0.394 e. The van der Waals surface area contributed by atoms with Gasteiger partial charge in [0.1, 0.15) is 17.5 Å². The van der Waals surface area contributed by atoms with Gasteiger partial charge in [-0.2, -0.15) is 18.2 Å². The lowest BCUT2D eigenvalue weighted by molar-refractivity contribution is -0.137. The van der Waals surface area contributed by atoms with E-state index in [4.69, 9.17) is 4.78 Å². The van der Waals surface area contributed by atoms with Gasteiger partial charge in [-0.05, 0) is 67.1 Å². The maximum absolute atomic E-state index is 15.1. The number of carbonyl (C=O) groups excluding carboxylic acids is 1. The maximum Gasteiger partial charge on any atom is 0.416 e. The number of urea groups is 1. The first-order valence-corrected chi connectivity index (χ1v) is 14.7. The zero-order chi connectivity index (χ0) is 32.2. The Kier molecular flexibility index (Phi) is 9.34. The Labute approximate surface area is 248 Å². The van der Waals surface area contributed by atoms with E-state index in [0.717, 1.165) is 6.07 Å². The van der Waals surface area contributed by atoms with E-state index in [1.54, 1.807) is 19.1 Å². The van der Waals surface area contributed by atoms with Gasteiger partial charge in [0.25, 0.3) is 0 Å². The molecule has 4 rings (SSSR count). The summed E-state index contributed by atoms with van der Waals surface area (Å²) in [6.45, 7) is 1.43. The molecule has 44 heavy (non-hydrogen) atoms. The van der Waals surface area contributed by atoms with Crippen LogP contribution in [-0.4, -0.2) is 44.2 Å². The van der Waals surface area contributed by atoms with Crippen LogP contribution in [0.25, 0.3) is 11.1 Å². The number of nitrogens with zero attached hydrogens (tertiary/aromatic N) is 2. The van der Waals surface area contributed by atoms with Gasteiger partial charge in [-0.1, -0.05) is 6.07 Å².